The van der Waals surface area contributed by atoms with Gasteiger partial charge in [-0.25, -0.2) is 0 Å². The number of hydrogen-bond donors (Lipinski definition) is 0. The Labute approximate surface area is 66.7 Å². The molecule has 58 valence electrons. The lowest BCUT2D eigenvalue weighted by molar-refractivity contribution is 0.190. The van der Waals surface area contributed by atoms with Crippen LogP contribution in [0, 0.1) is 17.2 Å². The van der Waals surface area contributed by atoms with Crippen molar-refractivity contribution < 1.29 is 4.74 Å². The minimum atomic E-state index is -0.00295. The summed E-state index contributed by atoms with van der Waals surface area (Å²) in [5, 5.41) is 8.45. The van der Waals surface area contributed by atoms with E-state index in [-0.39, 0.29) is 5.92 Å². The Morgan fingerprint density at radius 3 is 2.80 bits per heavy atom. The lowest BCUT2D eigenvalue weighted by atomic mass is 10.1. The molecule has 0 saturated carbocycles. The van der Waals surface area contributed by atoms with Gasteiger partial charge in [-0.2, -0.15) is 5.26 Å². The van der Waals surface area contributed by atoms with E-state index in [0.717, 1.165) is 19.4 Å². The number of methoxy groups -OCH3 is 1. The Kier molecular flexibility index (Phi) is 6.68. The van der Waals surface area contributed by atoms with Crippen molar-refractivity contribution in [2.24, 2.45) is 5.92 Å². The molecule has 0 spiro atoms. The number of hydrogen-bond acceptors (Lipinski definition) is 2. The van der Waals surface area contributed by atoms with E-state index in [2.05, 4.69) is 6.07 Å². The van der Waals surface area contributed by atoms with Crippen LogP contribution < -0.4 is 0 Å². The van der Waals surface area contributed by atoms with Crippen LogP contribution in [0.25, 0.3) is 0 Å². The van der Waals surface area contributed by atoms with Gasteiger partial charge in [-0.1, -0.05) is 0 Å². The number of halogens is 1. The van der Waals surface area contributed by atoms with Gasteiger partial charge in [0, 0.05) is 19.6 Å². The van der Waals surface area contributed by atoms with Crippen LogP contribution in [0.3, 0.4) is 0 Å². The van der Waals surface area contributed by atoms with E-state index in [1.54, 1.807) is 7.11 Å². The van der Waals surface area contributed by atoms with E-state index < -0.39 is 0 Å². The van der Waals surface area contributed by atoms with E-state index in [4.69, 9.17) is 21.6 Å². The van der Waals surface area contributed by atoms with Gasteiger partial charge in [-0.05, 0) is 12.8 Å². The third-order valence-electron chi connectivity index (χ3n) is 1.27. The topological polar surface area (TPSA) is 33.0 Å². The maximum absolute atomic E-state index is 8.45. The molecule has 0 aliphatic rings. The van der Waals surface area contributed by atoms with Gasteiger partial charge in [-0.15, -0.1) is 11.6 Å². The van der Waals surface area contributed by atoms with Crippen molar-refractivity contribution in [3.63, 3.8) is 0 Å². The highest BCUT2D eigenvalue weighted by Gasteiger charge is 2.03. The van der Waals surface area contributed by atoms with Crippen LogP contribution >= 0.6 is 11.6 Å². The van der Waals surface area contributed by atoms with Crippen molar-refractivity contribution in [2.75, 3.05) is 19.6 Å². The molecule has 0 heterocycles. The van der Waals surface area contributed by atoms with Crippen molar-refractivity contribution in [3.8, 4) is 6.07 Å². The summed E-state index contributed by atoms with van der Waals surface area (Å²) in [5.41, 5.74) is 0. The number of ether oxygens (including phenoxy) is 1. The molecule has 2 nitrogen and oxygen atoms in total. The van der Waals surface area contributed by atoms with Crippen LogP contribution in [0.15, 0.2) is 0 Å². The number of rotatable bonds is 5. The minimum absolute atomic E-state index is 0.00295. The highest BCUT2D eigenvalue weighted by atomic mass is 35.5. The second kappa shape index (κ2) is 6.85. The number of nitriles is 1. The Morgan fingerprint density at radius 1 is 1.70 bits per heavy atom. The largest absolute Gasteiger partial charge is 0.385 e. The fraction of sp³-hybridized carbons (Fsp3) is 0.857. The van der Waals surface area contributed by atoms with E-state index >= 15 is 0 Å². The first-order valence-corrected chi connectivity index (χ1v) is 3.83. The Morgan fingerprint density at radius 2 is 2.40 bits per heavy atom. The summed E-state index contributed by atoms with van der Waals surface area (Å²) < 4.78 is 4.83. The summed E-state index contributed by atoms with van der Waals surface area (Å²) in [7, 11) is 1.65. The molecule has 0 bridgehead atoms. The number of alkyl halides is 1. The first-order valence-electron chi connectivity index (χ1n) is 3.29. The van der Waals surface area contributed by atoms with Crippen molar-refractivity contribution >= 4 is 11.6 Å². The molecule has 10 heavy (non-hydrogen) atoms. The summed E-state index contributed by atoms with van der Waals surface area (Å²) in [6.07, 6.45) is 1.76. The van der Waals surface area contributed by atoms with Gasteiger partial charge >= 0.3 is 0 Å². The summed E-state index contributed by atoms with van der Waals surface area (Å²) in [6, 6.07) is 2.12. The second-order valence-corrected chi connectivity index (χ2v) is 2.42. The zero-order valence-corrected chi connectivity index (χ0v) is 6.90. The summed E-state index contributed by atoms with van der Waals surface area (Å²) >= 11 is 5.48. The van der Waals surface area contributed by atoms with E-state index in [1.165, 1.54) is 0 Å². The molecule has 0 aromatic rings. The predicted molar refractivity (Wildman–Crippen MR) is 40.9 cm³/mol. The molecular weight excluding hydrogens is 150 g/mol. The quantitative estimate of drug-likeness (QED) is 0.455. The molecular formula is C7H12ClNO. The lowest BCUT2D eigenvalue weighted by Crippen LogP contribution is -2.00. The molecule has 0 aromatic heterocycles. The smallest absolute Gasteiger partial charge is 0.0668 e. The van der Waals surface area contributed by atoms with Crippen LogP contribution in [0.5, 0.6) is 0 Å². The van der Waals surface area contributed by atoms with Gasteiger partial charge in [-0.3, -0.25) is 0 Å². The van der Waals surface area contributed by atoms with Crippen molar-refractivity contribution in [1.82, 2.24) is 0 Å². The Balaban J connectivity index is 3.20. The fourth-order valence-electron chi connectivity index (χ4n) is 0.650. The van der Waals surface area contributed by atoms with Gasteiger partial charge in [0.15, 0.2) is 0 Å². The standard InChI is InChI=1S/C7H12ClNO/c1-10-4-2-3-7(5-8)6-9/h7H,2-5H2,1H3. The zero-order chi connectivity index (χ0) is 7.82. The monoisotopic (exact) mass is 161 g/mol. The lowest BCUT2D eigenvalue weighted by Gasteiger charge is -2.02. The molecule has 0 aliphatic carbocycles. The first-order chi connectivity index (χ1) is 4.85. The van der Waals surface area contributed by atoms with Crippen LogP contribution in [-0.4, -0.2) is 19.6 Å². The van der Waals surface area contributed by atoms with Crippen LogP contribution in [0.4, 0.5) is 0 Å². The molecule has 0 radical (unpaired) electrons. The maximum atomic E-state index is 8.45. The molecule has 0 aromatic carbocycles. The minimum Gasteiger partial charge on any atom is -0.385 e. The second-order valence-electron chi connectivity index (χ2n) is 2.12. The average molecular weight is 162 g/mol. The third kappa shape index (κ3) is 4.60. The molecule has 1 unspecified atom stereocenters. The van der Waals surface area contributed by atoms with Gasteiger partial charge < -0.3 is 4.74 Å². The third-order valence-corrected chi connectivity index (χ3v) is 1.64. The molecule has 0 saturated heterocycles. The van der Waals surface area contributed by atoms with Crippen LogP contribution in [-0.2, 0) is 4.74 Å². The molecule has 0 rings (SSSR count). The van der Waals surface area contributed by atoms with Crippen molar-refractivity contribution in [3.05, 3.63) is 0 Å². The molecule has 0 N–H and O–H groups in total. The highest BCUT2D eigenvalue weighted by molar-refractivity contribution is 6.18. The molecule has 1 atom stereocenters. The van der Waals surface area contributed by atoms with Crippen molar-refractivity contribution in [2.45, 2.75) is 12.8 Å². The molecule has 0 aliphatic heterocycles. The normalized spacial score (nSPS) is 12.5. The van der Waals surface area contributed by atoms with E-state index in [1.807, 2.05) is 0 Å². The highest BCUT2D eigenvalue weighted by Crippen LogP contribution is 2.06. The molecule has 0 amide bonds. The van der Waals surface area contributed by atoms with Crippen LogP contribution in [0.1, 0.15) is 12.8 Å². The predicted octanol–water partition coefficient (Wildman–Crippen LogP) is 1.79. The Bertz CT molecular complexity index is 111. The molecule has 0 fully saturated rings. The van der Waals surface area contributed by atoms with E-state index in [9.17, 15) is 0 Å². The molecule has 3 heteroatoms. The summed E-state index contributed by atoms with van der Waals surface area (Å²) in [5.74, 6) is 0.428. The van der Waals surface area contributed by atoms with Crippen LogP contribution in [0.2, 0.25) is 0 Å². The maximum Gasteiger partial charge on any atom is 0.0668 e. The SMILES string of the molecule is COCCCC(C#N)CCl. The summed E-state index contributed by atoms with van der Waals surface area (Å²) in [6.45, 7) is 0.717. The summed E-state index contributed by atoms with van der Waals surface area (Å²) in [4.78, 5) is 0. The van der Waals surface area contributed by atoms with Gasteiger partial charge in [0.2, 0.25) is 0 Å². The first kappa shape index (κ1) is 9.74. The van der Waals surface area contributed by atoms with Gasteiger partial charge in [0.1, 0.15) is 0 Å². The Hall–Kier alpha value is -0.260. The zero-order valence-electron chi connectivity index (χ0n) is 6.14. The van der Waals surface area contributed by atoms with Gasteiger partial charge in [0.25, 0.3) is 0 Å². The van der Waals surface area contributed by atoms with Crippen molar-refractivity contribution in [1.29, 1.82) is 5.26 Å². The number of nitrogens with zero attached hydrogens (tertiary/aromatic N) is 1. The fourth-order valence-corrected chi connectivity index (χ4v) is 0.874. The average Bonchev–Trinajstić information content (AvgIpc) is 1.99. The van der Waals surface area contributed by atoms with E-state index in [0.29, 0.717) is 5.88 Å². The van der Waals surface area contributed by atoms with Gasteiger partial charge in [0.05, 0.1) is 12.0 Å².